The van der Waals surface area contributed by atoms with Crippen LogP contribution in [0.25, 0.3) is 0 Å². The summed E-state index contributed by atoms with van der Waals surface area (Å²) >= 11 is 0. The Bertz CT molecular complexity index is 189. The van der Waals surface area contributed by atoms with Gasteiger partial charge >= 0.3 is 0 Å². The van der Waals surface area contributed by atoms with Crippen molar-refractivity contribution in [3.05, 3.63) is 0 Å². The van der Waals surface area contributed by atoms with Crippen LogP contribution in [-0.4, -0.2) is 47.8 Å². The van der Waals surface area contributed by atoms with Crippen LogP contribution in [0.3, 0.4) is 0 Å². The predicted molar refractivity (Wildman–Crippen MR) is 80.0 cm³/mol. The fourth-order valence-electron chi connectivity index (χ4n) is 2.37. The highest BCUT2D eigenvalue weighted by atomic mass is 16.3. The van der Waals surface area contributed by atoms with E-state index in [2.05, 4.69) is 44.8 Å². The molecule has 2 N–H and O–H groups in total. The first kappa shape index (κ1) is 17.9. The number of aliphatic hydroxyl groups is 1. The zero-order valence-corrected chi connectivity index (χ0v) is 13.1. The van der Waals surface area contributed by atoms with Gasteiger partial charge in [-0.15, -0.1) is 0 Å². The van der Waals surface area contributed by atoms with Gasteiger partial charge in [0.2, 0.25) is 0 Å². The van der Waals surface area contributed by atoms with Gasteiger partial charge in [-0.3, -0.25) is 0 Å². The lowest BCUT2D eigenvalue weighted by Gasteiger charge is -2.36. The SMILES string of the molecule is CCCCN(CCCC)CC(C)(CO)NC(C)C. The van der Waals surface area contributed by atoms with E-state index < -0.39 is 0 Å². The maximum atomic E-state index is 9.64. The van der Waals surface area contributed by atoms with E-state index in [1.54, 1.807) is 0 Å². The summed E-state index contributed by atoms with van der Waals surface area (Å²) in [5.41, 5.74) is -0.185. The Morgan fingerprint density at radius 3 is 1.94 bits per heavy atom. The molecular formula is C15H34N2O. The molecule has 0 rings (SSSR count). The van der Waals surface area contributed by atoms with E-state index >= 15 is 0 Å². The van der Waals surface area contributed by atoms with Crippen LogP contribution in [0.4, 0.5) is 0 Å². The van der Waals surface area contributed by atoms with Crippen molar-refractivity contribution < 1.29 is 5.11 Å². The van der Waals surface area contributed by atoms with Gasteiger partial charge in [0.05, 0.1) is 12.1 Å². The van der Waals surface area contributed by atoms with Gasteiger partial charge in [0.1, 0.15) is 0 Å². The van der Waals surface area contributed by atoms with Crippen molar-refractivity contribution >= 4 is 0 Å². The van der Waals surface area contributed by atoms with Crippen LogP contribution >= 0.6 is 0 Å². The van der Waals surface area contributed by atoms with Gasteiger partial charge in [-0.05, 0) is 32.9 Å². The molecule has 110 valence electrons. The van der Waals surface area contributed by atoms with Crippen LogP contribution in [0, 0.1) is 0 Å². The molecule has 0 heterocycles. The molecule has 0 spiro atoms. The Hall–Kier alpha value is -0.120. The van der Waals surface area contributed by atoms with E-state index in [0.717, 1.165) is 19.6 Å². The summed E-state index contributed by atoms with van der Waals surface area (Å²) in [5, 5.41) is 13.1. The molecule has 0 amide bonds. The van der Waals surface area contributed by atoms with E-state index in [1.807, 2.05) is 0 Å². The van der Waals surface area contributed by atoms with Crippen molar-refractivity contribution in [1.29, 1.82) is 0 Å². The normalized spacial score (nSPS) is 15.3. The van der Waals surface area contributed by atoms with Crippen molar-refractivity contribution in [3.8, 4) is 0 Å². The minimum Gasteiger partial charge on any atom is -0.394 e. The molecule has 0 aromatic rings. The van der Waals surface area contributed by atoms with E-state index in [9.17, 15) is 5.11 Å². The molecule has 0 aliphatic heterocycles. The fourth-order valence-corrected chi connectivity index (χ4v) is 2.37. The predicted octanol–water partition coefficient (Wildman–Crippen LogP) is 2.64. The van der Waals surface area contributed by atoms with Gasteiger partial charge < -0.3 is 15.3 Å². The van der Waals surface area contributed by atoms with Crippen LogP contribution < -0.4 is 5.32 Å². The van der Waals surface area contributed by atoms with Crippen molar-refractivity contribution in [2.45, 2.75) is 71.9 Å². The third-order valence-electron chi connectivity index (χ3n) is 3.21. The standard InChI is InChI=1S/C15H34N2O/c1-6-8-10-17(11-9-7-2)12-15(5,13-18)16-14(3)4/h14,16,18H,6-13H2,1-5H3. The summed E-state index contributed by atoms with van der Waals surface area (Å²) in [4.78, 5) is 2.50. The topological polar surface area (TPSA) is 35.5 Å². The average Bonchev–Trinajstić information content (AvgIpc) is 2.31. The van der Waals surface area contributed by atoms with E-state index in [-0.39, 0.29) is 12.1 Å². The van der Waals surface area contributed by atoms with E-state index in [0.29, 0.717) is 6.04 Å². The monoisotopic (exact) mass is 258 g/mol. The van der Waals surface area contributed by atoms with Gasteiger partial charge in [0, 0.05) is 12.6 Å². The van der Waals surface area contributed by atoms with E-state index in [1.165, 1.54) is 25.7 Å². The van der Waals surface area contributed by atoms with Crippen molar-refractivity contribution in [1.82, 2.24) is 10.2 Å². The van der Waals surface area contributed by atoms with Crippen molar-refractivity contribution in [3.63, 3.8) is 0 Å². The Balaban J connectivity index is 4.38. The maximum absolute atomic E-state index is 9.64. The number of hydrogen-bond donors (Lipinski definition) is 2. The fraction of sp³-hybridized carbons (Fsp3) is 1.00. The zero-order chi connectivity index (χ0) is 14.0. The van der Waals surface area contributed by atoms with Crippen LogP contribution in [0.1, 0.15) is 60.3 Å². The van der Waals surface area contributed by atoms with Gasteiger partial charge in [0.15, 0.2) is 0 Å². The molecule has 0 aliphatic rings. The Morgan fingerprint density at radius 2 is 1.61 bits per heavy atom. The van der Waals surface area contributed by atoms with Gasteiger partial charge in [0.25, 0.3) is 0 Å². The molecule has 18 heavy (non-hydrogen) atoms. The molecule has 3 heteroatoms. The Labute approximate surface area is 114 Å². The first-order valence-corrected chi connectivity index (χ1v) is 7.58. The second-order valence-corrected chi connectivity index (χ2v) is 6.00. The van der Waals surface area contributed by atoms with Crippen molar-refractivity contribution in [2.24, 2.45) is 0 Å². The smallest absolute Gasteiger partial charge is 0.0623 e. The molecule has 3 nitrogen and oxygen atoms in total. The third kappa shape index (κ3) is 8.06. The Morgan fingerprint density at radius 1 is 1.11 bits per heavy atom. The summed E-state index contributed by atoms with van der Waals surface area (Å²) < 4.78 is 0. The van der Waals surface area contributed by atoms with Crippen molar-refractivity contribution in [2.75, 3.05) is 26.2 Å². The number of nitrogens with zero attached hydrogens (tertiary/aromatic N) is 1. The lowest BCUT2D eigenvalue weighted by atomic mass is 10.0. The second-order valence-electron chi connectivity index (χ2n) is 6.00. The summed E-state index contributed by atoms with van der Waals surface area (Å²) in [7, 11) is 0. The zero-order valence-electron chi connectivity index (χ0n) is 13.1. The molecule has 0 bridgehead atoms. The molecule has 0 saturated heterocycles. The van der Waals surface area contributed by atoms with Gasteiger partial charge in [-0.1, -0.05) is 40.5 Å². The molecule has 0 radical (unpaired) electrons. The summed E-state index contributed by atoms with van der Waals surface area (Å²) in [5.74, 6) is 0. The first-order valence-electron chi connectivity index (χ1n) is 7.58. The summed E-state index contributed by atoms with van der Waals surface area (Å²) in [6, 6.07) is 0.404. The molecule has 1 atom stereocenters. The highest BCUT2D eigenvalue weighted by Crippen LogP contribution is 2.10. The summed E-state index contributed by atoms with van der Waals surface area (Å²) in [6.07, 6.45) is 4.95. The summed E-state index contributed by atoms with van der Waals surface area (Å²) in [6.45, 7) is 14.3. The lowest BCUT2D eigenvalue weighted by Crippen LogP contribution is -2.56. The number of unbranched alkanes of at least 4 members (excludes halogenated alkanes) is 2. The van der Waals surface area contributed by atoms with Gasteiger partial charge in [-0.2, -0.15) is 0 Å². The highest BCUT2D eigenvalue weighted by Gasteiger charge is 2.26. The molecule has 1 unspecified atom stereocenters. The van der Waals surface area contributed by atoms with Crippen LogP contribution in [0.2, 0.25) is 0 Å². The molecule has 0 saturated carbocycles. The molecule has 0 aliphatic carbocycles. The number of aliphatic hydroxyl groups excluding tert-OH is 1. The molecular weight excluding hydrogens is 224 g/mol. The average molecular weight is 258 g/mol. The minimum absolute atomic E-state index is 0.185. The highest BCUT2D eigenvalue weighted by molar-refractivity contribution is 4.87. The molecule has 0 fully saturated rings. The Kier molecular flexibility index (Phi) is 9.70. The second kappa shape index (κ2) is 9.76. The molecule has 0 aromatic carbocycles. The van der Waals surface area contributed by atoms with Crippen LogP contribution in [0.15, 0.2) is 0 Å². The number of rotatable bonds is 11. The maximum Gasteiger partial charge on any atom is 0.0623 e. The first-order chi connectivity index (χ1) is 8.47. The minimum atomic E-state index is -0.185. The third-order valence-corrected chi connectivity index (χ3v) is 3.21. The van der Waals surface area contributed by atoms with E-state index in [4.69, 9.17) is 0 Å². The van der Waals surface area contributed by atoms with Crippen LogP contribution in [-0.2, 0) is 0 Å². The molecule has 0 aromatic heterocycles. The largest absolute Gasteiger partial charge is 0.394 e. The quantitative estimate of drug-likeness (QED) is 0.598. The number of nitrogens with one attached hydrogen (secondary N) is 1. The van der Waals surface area contributed by atoms with Gasteiger partial charge in [-0.25, -0.2) is 0 Å². The van der Waals surface area contributed by atoms with Crippen LogP contribution in [0.5, 0.6) is 0 Å². The lowest BCUT2D eigenvalue weighted by molar-refractivity contribution is 0.111. The number of hydrogen-bond acceptors (Lipinski definition) is 3.